The normalized spacial score (nSPS) is 13.5. The molecule has 0 bridgehead atoms. The molecule has 108 valence electrons. The highest BCUT2D eigenvalue weighted by molar-refractivity contribution is 8.07. The summed E-state index contributed by atoms with van der Waals surface area (Å²) < 4.78 is 46.1. The van der Waals surface area contributed by atoms with E-state index in [1.54, 1.807) is 12.1 Å². The van der Waals surface area contributed by atoms with E-state index in [9.17, 15) is 16.8 Å². The Bertz CT molecular complexity index is 650. The fourth-order valence-electron chi connectivity index (χ4n) is 1.98. The summed E-state index contributed by atoms with van der Waals surface area (Å²) in [4.78, 5) is 0. The summed E-state index contributed by atoms with van der Waals surface area (Å²) in [5.74, 6) is -0.243. The zero-order valence-electron chi connectivity index (χ0n) is 11.7. The quantitative estimate of drug-likeness (QED) is 0.852. The highest BCUT2D eigenvalue weighted by Gasteiger charge is 2.23. The van der Waals surface area contributed by atoms with E-state index >= 15 is 0 Å². The molecule has 0 aliphatic carbocycles. The van der Waals surface area contributed by atoms with Crippen LogP contribution in [0.4, 0.5) is 0 Å². The molecule has 0 heterocycles. The molecule has 0 aromatic heterocycles. The maximum atomic E-state index is 11.9. The van der Waals surface area contributed by atoms with Crippen LogP contribution in [0.2, 0.25) is 0 Å². The van der Waals surface area contributed by atoms with Crippen molar-refractivity contribution in [3.63, 3.8) is 0 Å². The Morgan fingerprint density at radius 2 is 1.53 bits per heavy atom. The molecular weight excluding hydrogens is 284 g/mol. The topological polar surface area (TPSA) is 68.3 Å². The predicted octanol–water partition coefficient (Wildman–Crippen LogP) is 1.90. The number of rotatable bonds is 4. The maximum absolute atomic E-state index is 11.9. The van der Waals surface area contributed by atoms with Crippen LogP contribution in [0.15, 0.2) is 24.3 Å². The van der Waals surface area contributed by atoms with Gasteiger partial charge in [-0.05, 0) is 16.5 Å². The lowest BCUT2D eigenvalue weighted by Gasteiger charge is -2.22. The second kappa shape index (κ2) is 5.25. The van der Waals surface area contributed by atoms with Gasteiger partial charge in [0.15, 0.2) is 24.8 Å². The van der Waals surface area contributed by atoms with E-state index in [1.165, 1.54) is 0 Å². The minimum absolute atomic E-state index is 0.183. The third-order valence-electron chi connectivity index (χ3n) is 2.59. The molecule has 1 rings (SSSR count). The summed E-state index contributed by atoms with van der Waals surface area (Å²) in [6.07, 6.45) is 0.931. The van der Waals surface area contributed by atoms with Crippen molar-refractivity contribution in [2.45, 2.75) is 31.9 Å². The molecule has 0 spiro atoms. The summed E-state index contributed by atoms with van der Waals surface area (Å²) in [6, 6.07) is 7.24. The van der Waals surface area contributed by atoms with E-state index in [-0.39, 0.29) is 11.2 Å². The molecule has 0 atom stereocenters. The molecular formula is C13H20O4S2. The van der Waals surface area contributed by atoms with Crippen molar-refractivity contribution in [1.29, 1.82) is 0 Å². The van der Waals surface area contributed by atoms with Crippen molar-refractivity contribution < 1.29 is 16.8 Å². The molecule has 1 aromatic rings. The minimum atomic E-state index is -3.66. The smallest absolute Gasteiger partial charge is 0.168 e. The van der Waals surface area contributed by atoms with Gasteiger partial charge in [-0.1, -0.05) is 45.0 Å². The number of hydrogen-bond acceptors (Lipinski definition) is 4. The molecule has 0 radical (unpaired) electrons. The minimum Gasteiger partial charge on any atom is -0.228 e. The monoisotopic (exact) mass is 304 g/mol. The van der Waals surface area contributed by atoms with Crippen LogP contribution in [0.3, 0.4) is 0 Å². The Morgan fingerprint density at radius 1 is 1.00 bits per heavy atom. The van der Waals surface area contributed by atoms with Crippen LogP contribution in [0, 0.1) is 0 Å². The lowest BCUT2D eigenvalue weighted by atomic mass is 9.84. The van der Waals surface area contributed by atoms with E-state index in [1.807, 2.05) is 32.9 Å². The maximum Gasteiger partial charge on any atom is 0.168 e. The average Bonchev–Trinajstić information content (AvgIpc) is 2.11. The molecule has 0 unspecified atom stereocenters. The molecule has 0 fully saturated rings. The fourth-order valence-corrected chi connectivity index (χ4v) is 5.65. The van der Waals surface area contributed by atoms with Gasteiger partial charge in [-0.15, -0.1) is 0 Å². The summed E-state index contributed by atoms with van der Waals surface area (Å²) in [5.41, 5.74) is 1.41. The lowest BCUT2D eigenvalue weighted by Crippen LogP contribution is -2.20. The summed E-state index contributed by atoms with van der Waals surface area (Å²) in [5, 5.41) is -0.807. The number of benzene rings is 1. The van der Waals surface area contributed by atoms with Crippen LogP contribution in [0.25, 0.3) is 0 Å². The summed E-state index contributed by atoms with van der Waals surface area (Å²) in [7, 11) is -7.20. The number of hydrogen-bond donors (Lipinski definition) is 0. The van der Waals surface area contributed by atoms with Crippen LogP contribution < -0.4 is 0 Å². The molecule has 6 heteroatoms. The van der Waals surface area contributed by atoms with Crippen LogP contribution in [0.5, 0.6) is 0 Å². The molecule has 0 aliphatic rings. The lowest BCUT2D eigenvalue weighted by molar-refractivity contribution is 0.580. The molecule has 0 aliphatic heterocycles. The van der Waals surface area contributed by atoms with Gasteiger partial charge in [0.05, 0.1) is 5.75 Å². The van der Waals surface area contributed by atoms with Gasteiger partial charge in [0, 0.05) is 6.26 Å². The van der Waals surface area contributed by atoms with Gasteiger partial charge in [0.2, 0.25) is 0 Å². The second-order valence-electron chi connectivity index (χ2n) is 5.84. The first-order valence-corrected chi connectivity index (χ1v) is 9.75. The largest absolute Gasteiger partial charge is 0.228 e. The Morgan fingerprint density at radius 3 is 2.00 bits per heavy atom. The SMILES string of the molecule is CC(C)(C)c1ccccc1CS(=O)(=O)CS(C)(=O)=O. The van der Waals surface area contributed by atoms with Crippen molar-refractivity contribution >= 4 is 19.7 Å². The first-order valence-electron chi connectivity index (χ1n) is 5.87. The molecule has 0 N–H and O–H groups in total. The molecule has 4 nitrogen and oxygen atoms in total. The van der Waals surface area contributed by atoms with Crippen LogP contribution in [-0.2, 0) is 30.8 Å². The van der Waals surface area contributed by atoms with Crippen LogP contribution in [-0.4, -0.2) is 28.2 Å². The van der Waals surface area contributed by atoms with Gasteiger partial charge in [0.1, 0.15) is 0 Å². The van der Waals surface area contributed by atoms with E-state index < -0.39 is 24.8 Å². The van der Waals surface area contributed by atoms with Gasteiger partial charge in [0.25, 0.3) is 0 Å². The van der Waals surface area contributed by atoms with Gasteiger partial charge in [-0.3, -0.25) is 0 Å². The predicted molar refractivity (Wildman–Crippen MR) is 77.5 cm³/mol. The molecule has 0 saturated heterocycles. The highest BCUT2D eigenvalue weighted by Crippen LogP contribution is 2.27. The third kappa shape index (κ3) is 5.32. The Hall–Kier alpha value is -0.880. The summed E-state index contributed by atoms with van der Waals surface area (Å²) in [6.45, 7) is 5.99. The molecule has 0 saturated carbocycles. The first kappa shape index (κ1) is 16.2. The zero-order valence-corrected chi connectivity index (χ0v) is 13.3. The molecule has 0 amide bonds. The van der Waals surface area contributed by atoms with Gasteiger partial charge >= 0.3 is 0 Å². The van der Waals surface area contributed by atoms with Crippen molar-refractivity contribution in [3.8, 4) is 0 Å². The van der Waals surface area contributed by atoms with Crippen molar-refractivity contribution in [2.24, 2.45) is 0 Å². The zero-order chi connectivity index (χ0) is 14.9. The fraction of sp³-hybridized carbons (Fsp3) is 0.538. The standard InChI is InChI=1S/C13H20O4S2/c1-13(2,3)12-8-6-5-7-11(12)9-19(16,17)10-18(4,14)15/h5-8H,9-10H2,1-4H3. The van der Waals surface area contributed by atoms with Crippen LogP contribution in [0.1, 0.15) is 31.9 Å². The van der Waals surface area contributed by atoms with Crippen LogP contribution >= 0.6 is 0 Å². The molecule has 19 heavy (non-hydrogen) atoms. The first-order chi connectivity index (χ1) is 8.41. The van der Waals surface area contributed by atoms with E-state index in [4.69, 9.17) is 0 Å². The Balaban J connectivity index is 3.14. The van der Waals surface area contributed by atoms with E-state index in [0.29, 0.717) is 5.56 Å². The van der Waals surface area contributed by atoms with Crippen molar-refractivity contribution in [2.75, 3.05) is 11.3 Å². The highest BCUT2D eigenvalue weighted by atomic mass is 32.3. The van der Waals surface area contributed by atoms with Crippen molar-refractivity contribution in [3.05, 3.63) is 35.4 Å². The number of sulfone groups is 2. The average molecular weight is 304 g/mol. The molecule has 1 aromatic carbocycles. The van der Waals surface area contributed by atoms with Crippen molar-refractivity contribution in [1.82, 2.24) is 0 Å². The van der Waals surface area contributed by atoms with E-state index in [0.717, 1.165) is 11.8 Å². The van der Waals surface area contributed by atoms with E-state index in [2.05, 4.69) is 0 Å². The summed E-state index contributed by atoms with van der Waals surface area (Å²) >= 11 is 0. The third-order valence-corrected chi connectivity index (χ3v) is 6.49. The van der Waals surface area contributed by atoms with Gasteiger partial charge in [-0.25, -0.2) is 16.8 Å². The van der Waals surface area contributed by atoms with Gasteiger partial charge in [-0.2, -0.15) is 0 Å². The van der Waals surface area contributed by atoms with Gasteiger partial charge < -0.3 is 0 Å². The second-order valence-corrected chi connectivity index (χ2v) is 10.4. The Labute approximate surface area is 115 Å². The Kier molecular flexibility index (Phi) is 4.47.